The van der Waals surface area contributed by atoms with Crippen molar-refractivity contribution in [2.45, 2.75) is 43.8 Å². The Morgan fingerprint density at radius 3 is 2.47 bits per heavy atom. The summed E-state index contributed by atoms with van der Waals surface area (Å²) in [6, 6.07) is 0. The number of sulfonamides is 1. The van der Waals surface area contributed by atoms with Crippen molar-refractivity contribution < 1.29 is 13.2 Å². The van der Waals surface area contributed by atoms with Crippen LogP contribution in [-0.2, 0) is 14.8 Å². The molecule has 4 nitrogen and oxygen atoms in total. The van der Waals surface area contributed by atoms with E-state index in [1.165, 1.54) is 32.1 Å². The molecule has 1 N–H and O–H groups in total. The summed E-state index contributed by atoms with van der Waals surface area (Å²) in [5.41, 5.74) is 0.312. The standard InChI is InChI=1S/C12H21NO3S/c14-17(15,11-4-7-16-8-11)13-9-12(5-1-6-12)10-2-3-10/h10-11,13H,1-9H2/t11-/m0/s1. The second-order valence-corrected chi connectivity index (χ2v) is 7.89. The maximum Gasteiger partial charge on any atom is 0.216 e. The van der Waals surface area contributed by atoms with Crippen LogP contribution in [-0.4, -0.2) is 33.4 Å². The Morgan fingerprint density at radius 2 is 2.00 bits per heavy atom. The maximum atomic E-state index is 12.1. The van der Waals surface area contributed by atoms with Gasteiger partial charge in [-0.25, -0.2) is 13.1 Å². The first-order valence-electron chi connectivity index (χ1n) is 6.69. The predicted octanol–water partition coefficient (Wildman–Crippen LogP) is 1.27. The lowest BCUT2D eigenvalue weighted by atomic mass is 9.65. The first-order valence-corrected chi connectivity index (χ1v) is 8.23. The van der Waals surface area contributed by atoms with E-state index in [0.717, 1.165) is 5.92 Å². The van der Waals surface area contributed by atoms with E-state index in [1.54, 1.807) is 0 Å². The summed E-state index contributed by atoms with van der Waals surface area (Å²) in [5.74, 6) is 0.791. The van der Waals surface area contributed by atoms with Crippen molar-refractivity contribution in [2.24, 2.45) is 11.3 Å². The van der Waals surface area contributed by atoms with Gasteiger partial charge in [0.15, 0.2) is 0 Å². The highest BCUT2D eigenvalue weighted by Gasteiger charge is 2.49. The van der Waals surface area contributed by atoms with Crippen molar-refractivity contribution in [1.82, 2.24) is 4.72 Å². The van der Waals surface area contributed by atoms with Crippen molar-refractivity contribution >= 4 is 10.0 Å². The van der Waals surface area contributed by atoms with Gasteiger partial charge in [-0.3, -0.25) is 0 Å². The van der Waals surface area contributed by atoms with Gasteiger partial charge < -0.3 is 4.74 Å². The van der Waals surface area contributed by atoms with Crippen LogP contribution >= 0.6 is 0 Å². The highest BCUT2D eigenvalue weighted by atomic mass is 32.2. The van der Waals surface area contributed by atoms with E-state index < -0.39 is 10.0 Å². The molecule has 2 aliphatic carbocycles. The third-order valence-corrected chi connectivity index (χ3v) is 6.54. The Labute approximate surface area is 103 Å². The van der Waals surface area contributed by atoms with Crippen LogP contribution < -0.4 is 4.72 Å². The summed E-state index contributed by atoms with van der Waals surface area (Å²) in [4.78, 5) is 0. The maximum absolute atomic E-state index is 12.1. The van der Waals surface area contributed by atoms with Gasteiger partial charge in [0, 0.05) is 13.2 Å². The topological polar surface area (TPSA) is 55.4 Å². The second kappa shape index (κ2) is 4.21. The summed E-state index contributed by atoms with van der Waals surface area (Å²) < 4.78 is 32.2. The molecule has 0 aromatic rings. The van der Waals surface area contributed by atoms with Crippen LogP contribution in [0.15, 0.2) is 0 Å². The Hall–Kier alpha value is -0.130. The minimum atomic E-state index is -3.15. The molecule has 3 aliphatic rings. The van der Waals surface area contributed by atoms with Crippen molar-refractivity contribution in [3.63, 3.8) is 0 Å². The van der Waals surface area contributed by atoms with Gasteiger partial charge in [-0.2, -0.15) is 0 Å². The van der Waals surface area contributed by atoms with Crippen LogP contribution in [0, 0.1) is 11.3 Å². The molecule has 3 fully saturated rings. The van der Waals surface area contributed by atoms with E-state index >= 15 is 0 Å². The highest BCUT2D eigenvalue weighted by Crippen LogP contribution is 2.56. The molecule has 0 spiro atoms. The second-order valence-electron chi connectivity index (χ2n) is 5.84. The normalized spacial score (nSPS) is 32.4. The van der Waals surface area contributed by atoms with Gasteiger partial charge >= 0.3 is 0 Å². The SMILES string of the molecule is O=S(=O)(NCC1(C2CC2)CCC1)[C@H]1CCOC1. The first kappa shape index (κ1) is 11.9. The zero-order valence-electron chi connectivity index (χ0n) is 10.2. The van der Waals surface area contributed by atoms with E-state index in [-0.39, 0.29) is 5.25 Å². The van der Waals surface area contributed by atoms with Crippen LogP contribution in [0.25, 0.3) is 0 Å². The molecule has 1 aliphatic heterocycles. The summed E-state index contributed by atoms with van der Waals surface area (Å²) in [6.07, 6.45) is 6.93. The zero-order chi connectivity index (χ0) is 11.9. The fourth-order valence-corrected chi connectivity index (χ4v) is 4.58. The van der Waals surface area contributed by atoms with Crippen LogP contribution in [0.3, 0.4) is 0 Å². The fraction of sp³-hybridized carbons (Fsp3) is 1.00. The quantitative estimate of drug-likeness (QED) is 0.809. The molecule has 1 saturated heterocycles. The predicted molar refractivity (Wildman–Crippen MR) is 65.2 cm³/mol. The zero-order valence-corrected chi connectivity index (χ0v) is 11.0. The summed E-state index contributed by atoms with van der Waals surface area (Å²) in [7, 11) is -3.15. The smallest absolute Gasteiger partial charge is 0.216 e. The molecule has 0 bridgehead atoms. The van der Waals surface area contributed by atoms with Gasteiger partial charge in [-0.05, 0) is 43.4 Å². The third kappa shape index (κ3) is 2.25. The van der Waals surface area contributed by atoms with E-state index in [0.29, 0.717) is 31.6 Å². The average molecular weight is 259 g/mol. The molecule has 0 radical (unpaired) electrons. The van der Waals surface area contributed by atoms with Gasteiger partial charge in [-0.1, -0.05) is 6.42 Å². The Bertz CT molecular complexity index is 379. The minimum Gasteiger partial charge on any atom is -0.380 e. The molecule has 17 heavy (non-hydrogen) atoms. The lowest BCUT2D eigenvalue weighted by Crippen LogP contribution is -2.46. The Morgan fingerprint density at radius 1 is 1.24 bits per heavy atom. The van der Waals surface area contributed by atoms with Gasteiger partial charge in [0.2, 0.25) is 10.0 Å². The molecular weight excluding hydrogens is 238 g/mol. The van der Waals surface area contributed by atoms with Crippen LogP contribution in [0.4, 0.5) is 0 Å². The van der Waals surface area contributed by atoms with E-state index in [2.05, 4.69) is 4.72 Å². The number of hydrogen-bond donors (Lipinski definition) is 1. The molecule has 98 valence electrons. The monoisotopic (exact) mass is 259 g/mol. The molecule has 2 saturated carbocycles. The molecule has 5 heteroatoms. The number of hydrogen-bond acceptors (Lipinski definition) is 3. The molecule has 1 atom stereocenters. The van der Waals surface area contributed by atoms with Crippen molar-refractivity contribution in [3.8, 4) is 0 Å². The molecule has 0 amide bonds. The number of nitrogens with one attached hydrogen (secondary N) is 1. The van der Waals surface area contributed by atoms with Gasteiger partial charge in [-0.15, -0.1) is 0 Å². The van der Waals surface area contributed by atoms with Crippen LogP contribution in [0.5, 0.6) is 0 Å². The largest absolute Gasteiger partial charge is 0.380 e. The van der Waals surface area contributed by atoms with Crippen LogP contribution in [0.1, 0.15) is 38.5 Å². The highest BCUT2D eigenvalue weighted by molar-refractivity contribution is 7.90. The van der Waals surface area contributed by atoms with E-state index in [9.17, 15) is 8.42 Å². The summed E-state index contributed by atoms with van der Waals surface area (Å²) >= 11 is 0. The molecule has 0 aromatic carbocycles. The average Bonchev–Trinajstić information content (AvgIpc) is 2.92. The Kier molecular flexibility index (Phi) is 2.96. The lowest BCUT2D eigenvalue weighted by Gasteiger charge is -2.42. The van der Waals surface area contributed by atoms with E-state index in [1.807, 2.05) is 0 Å². The van der Waals surface area contributed by atoms with Gasteiger partial charge in [0.25, 0.3) is 0 Å². The van der Waals surface area contributed by atoms with Crippen molar-refractivity contribution in [3.05, 3.63) is 0 Å². The lowest BCUT2D eigenvalue weighted by molar-refractivity contribution is 0.107. The molecule has 3 rings (SSSR count). The number of ether oxygens (including phenoxy) is 1. The van der Waals surface area contributed by atoms with Crippen molar-refractivity contribution in [1.29, 1.82) is 0 Å². The summed E-state index contributed by atoms with van der Waals surface area (Å²) in [6.45, 7) is 1.61. The van der Waals surface area contributed by atoms with Gasteiger partial charge in [0.1, 0.15) is 5.25 Å². The Balaban J connectivity index is 1.59. The summed E-state index contributed by atoms with van der Waals surface area (Å²) in [5, 5.41) is -0.321. The van der Waals surface area contributed by atoms with E-state index in [4.69, 9.17) is 4.74 Å². The first-order chi connectivity index (χ1) is 8.12. The van der Waals surface area contributed by atoms with Gasteiger partial charge in [0.05, 0.1) is 6.61 Å². The van der Waals surface area contributed by atoms with Crippen LogP contribution in [0.2, 0.25) is 0 Å². The minimum absolute atomic E-state index is 0.312. The third-order valence-electron chi connectivity index (χ3n) is 4.74. The van der Waals surface area contributed by atoms with Crippen molar-refractivity contribution in [2.75, 3.05) is 19.8 Å². The molecule has 1 heterocycles. The molecular formula is C12H21NO3S. The number of rotatable bonds is 5. The molecule has 0 unspecified atom stereocenters. The fourth-order valence-electron chi connectivity index (χ4n) is 3.18. The molecule has 0 aromatic heterocycles.